The molecule has 2 aliphatic rings. The summed E-state index contributed by atoms with van der Waals surface area (Å²) in [5.41, 5.74) is 12.6. The number of aromatic nitrogens is 2. The summed E-state index contributed by atoms with van der Waals surface area (Å²) in [6, 6.07) is 16.6. The third kappa shape index (κ3) is 5.29. The highest BCUT2D eigenvalue weighted by Gasteiger charge is 2.25. The number of carbonyl (C=O) groups is 1. The van der Waals surface area contributed by atoms with E-state index in [9.17, 15) is 9.59 Å². The Balaban J connectivity index is 1.46. The first-order valence-corrected chi connectivity index (χ1v) is 14.0. The number of nitrogens with one attached hydrogen (secondary N) is 1. The minimum Gasteiger partial charge on any atom is -0.382 e. The summed E-state index contributed by atoms with van der Waals surface area (Å²) in [5.74, 6) is -0.0648. The highest BCUT2D eigenvalue weighted by molar-refractivity contribution is 6.07. The van der Waals surface area contributed by atoms with Gasteiger partial charge in [-0.3, -0.25) is 14.6 Å². The zero-order valence-electron chi connectivity index (χ0n) is 22.9. The summed E-state index contributed by atoms with van der Waals surface area (Å²) in [6.07, 6.45) is 9.06. The molecule has 4 aromatic rings. The summed E-state index contributed by atoms with van der Waals surface area (Å²) in [7, 11) is 0. The van der Waals surface area contributed by atoms with Gasteiger partial charge in [0.1, 0.15) is 0 Å². The number of nitrogens with two attached hydrogens (primary N) is 1. The first-order valence-electron chi connectivity index (χ1n) is 14.0. The van der Waals surface area contributed by atoms with Gasteiger partial charge in [0.2, 0.25) is 0 Å². The number of likely N-dealkylation sites (tertiary alicyclic amines) is 1. The van der Waals surface area contributed by atoms with E-state index in [4.69, 9.17) is 5.73 Å². The van der Waals surface area contributed by atoms with E-state index >= 15 is 0 Å². The smallest absolute Gasteiger partial charge is 0.258 e. The molecule has 3 heterocycles. The van der Waals surface area contributed by atoms with Crippen LogP contribution in [0.4, 0.5) is 0 Å². The lowest BCUT2D eigenvalue weighted by Crippen LogP contribution is -2.43. The van der Waals surface area contributed by atoms with E-state index in [1.165, 1.54) is 12.8 Å². The number of aryl methyl sites for hydroxylation is 1. The van der Waals surface area contributed by atoms with E-state index in [0.717, 1.165) is 46.4 Å². The van der Waals surface area contributed by atoms with Gasteiger partial charge in [-0.1, -0.05) is 24.8 Å². The second-order valence-electron chi connectivity index (χ2n) is 11.1. The van der Waals surface area contributed by atoms with Crippen LogP contribution >= 0.6 is 0 Å². The fourth-order valence-electron chi connectivity index (χ4n) is 5.48. The van der Waals surface area contributed by atoms with Crippen LogP contribution in [0.25, 0.3) is 27.6 Å². The normalized spacial score (nSPS) is 15.8. The van der Waals surface area contributed by atoms with Crippen LogP contribution < -0.4 is 16.6 Å². The van der Waals surface area contributed by atoms with E-state index in [1.54, 1.807) is 23.2 Å². The van der Waals surface area contributed by atoms with Crippen molar-refractivity contribution in [3.05, 3.63) is 106 Å². The van der Waals surface area contributed by atoms with Crippen LogP contribution in [0.2, 0.25) is 0 Å². The molecule has 7 nitrogen and oxygen atoms in total. The summed E-state index contributed by atoms with van der Waals surface area (Å²) < 4.78 is 1.64. The molecule has 0 unspecified atom stereocenters. The molecule has 6 rings (SSSR count). The molecule has 7 heteroatoms. The Morgan fingerprint density at radius 3 is 2.50 bits per heavy atom. The van der Waals surface area contributed by atoms with Gasteiger partial charge in [0.25, 0.3) is 11.5 Å². The fraction of sp³-hybridized carbons (Fsp3) is 0.303. The van der Waals surface area contributed by atoms with Gasteiger partial charge in [0, 0.05) is 60.2 Å². The number of carbonyl (C=O) groups excluding carboxylic acids is 1. The van der Waals surface area contributed by atoms with Crippen LogP contribution in [-0.4, -0.2) is 45.5 Å². The van der Waals surface area contributed by atoms with Crippen LogP contribution in [0.15, 0.2) is 78.5 Å². The van der Waals surface area contributed by atoms with Crippen molar-refractivity contribution >= 4 is 22.4 Å². The first kappa shape index (κ1) is 26.0. The topological polar surface area (TPSA) is 93.2 Å². The van der Waals surface area contributed by atoms with Crippen molar-refractivity contribution in [1.29, 1.82) is 0 Å². The van der Waals surface area contributed by atoms with Crippen LogP contribution in [0.3, 0.4) is 0 Å². The SMILES string of the molecule is C=C(NC1CC1)c1ccc(C)c(-c2ccc3c(=O)n(Cc4ccncc4)cc(C(=O)N4CCC(N)CC4)c3c2)c1. The lowest BCUT2D eigenvalue weighted by atomic mass is 9.94. The maximum absolute atomic E-state index is 13.9. The quantitative estimate of drug-likeness (QED) is 0.359. The van der Waals surface area contributed by atoms with Gasteiger partial charge in [-0.25, -0.2) is 0 Å². The zero-order chi connectivity index (χ0) is 27.8. The van der Waals surface area contributed by atoms with Gasteiger partial charge < -0.3 is 20.5 Å². The second-order valence-corrected chi connectivity index (χ2v) is 11.1. The van der Waals surface area contributed by atoms with Crippen molar-refractivity contribution < 1.29 is 4.79 Å². The largest absolute Gasteiger partial charge is 0.382 e. The fourth-order valence-corrected chi connectivity index (χ4v) is 5.48. The van der Waals surface area contributed by atoms with Crippen LogP contribution in [0.1, 0.15) is 52.7 Å². The zero-order valence-corrected chi connectivity index (χ0v) is 22.9. The van der Waals surface area contributed by atoms with Gasteiger partial charge in [-0.2, -0.15) is 0 Å². The molecule has 1 saturated carbocycles. The Morgan fingerprint density at radius 2 is 1.77 bits per heavy atom. The molecule has 204 valence electrons. The first-order chi connectivity index (χ1) is 19.4. The van der Waals surface area contributed by atoms with E-state index in [2.05, 4.69) is 42.0 Å². The standard InChI is InChI=1S/C33H35N5O2/c1-21-3-4-24(22(2)36-27-6-7-27)17-29(21)25-5-8-28-30(18-25)31(33(40)37-15-11-26(34)12-16-37)20-38(32(28)39)19-23-9-13-35-14-10-23/h3-5,8-10,13-14,17-18,20,26-27,36H,2,6-7,11-12,15-16,19,34H2,1H3. The minimum atomic E-state index is -0.122. The maximum Gasteiger partial charge on any atom is 0.258 e. The molecular weight excluding hydrogens is 498 g/mol. The Bertz CT molecular complexity index is 1650. The van der Waals surface area contributed by atoms with E-state index in [0.29, 0.717) is 42.0 Å². The third-order valence-electron chi connectivity index (χ3n) is 8.10. The second kappa shape index (κ2) is 10.7. The van der Waals surface area contributed by atoms with Gasteiger partial charge in [-0.05, 0) is 90.8 Å². The number of hydrogen-bond donors (Lipinski definition) is 2. The molecule has 2 aromatic carbocycles. The number of nitrogens with zero attached hydrogens (tertiary/aromatic N) is 3. The van der Waals surface area contributed by atoms with Crippen molar-refractivity contribution in [2.75, 3.05) is 13.1 Å². The Kier molecular flexibility index (Phi) is 6.98. The summed E-state index contributed by atoms with van der Waals surface area (Å²) in [5, 5.41) is 4.70. The molecule has 2 fully saturated rings. The monoisotopic (exact) mass is 533 g/mol. The molecule has 1 saturated heterocycles. The number of piperidine rings is 1. The summed E-state index contributed by atoms with van der Waals surface area (Å²) in [6.45, 7) is 7.92. The third-order valence-corrected chi connectivity index (χ3v) is 8.10. The minimum absolute atomic E-state index is 0.0648. The van der Waals surface area contributed by atoms with Crippen molar-refractivity contribution in [1.82, 2.24) is 19.8 Å². The molecule has 40 heavy (non-hydrogen) atoms. The number of hydrogen-bond acceptors (Lipinski definition) is 5. The number of benzene rings is 2. The van der Waals surface area contributed by atoms with E-state index < -0.39 is 0 Å². The maximum atomic E-state index is 13.9. The molecule has 0 bridgehead atoms. The average Bonchev–Trinajstić information content (AvgIpc) is 3.79. The number of pyridine rings is 2. The lowest BCUT2D eigenvalue weighted by molar-refractivity contribution is 0.0716. The highest BCUT2D eigenvalue weighted by Crippen LogP contribution is 2.31. The Hall–Kier alpha value is -4.23. The number of amides is 1. The van der Waals surface area contributed by atoms with Gasteiger partial charge in [0.05, 0.1) is 12.1 Å². The Morgan fingerprint density at radius 1 is 1.02 bits per heavy atom. The Labute approximate surface area is 234 Å². The predicted octanol–water partition coefficient (Wildman–Crippen LogP) is 4.71. The molecular formula is C33H35N5O2. The van der Waals surface area contributed by atoms with Crippen molar-refractivity contribution in [2.24, 2.45) is 5.73 Å². The van der Waals surface area contributed by atoms with Gasteiger partial charge in [-0.15, -0.1) is 0 Å². The van der Waals surface area contributed by atoms with Crippen molar-refractivity contribution in [2.45, 2.75) is 51.2 Å². The molecule has 1 amide bonds. The van der Waals surface area contributed by atoms with E-state index in [-0.39, 0.29) is 17.5 Å². The molecule has 0 radical (unpaired) electrons. The van der Waals surface area contributed by atoms with Crippen molar-refractivity contribution in [3.8, 4) is 11.1 Å². The van der Waals surface area contributed by atoms with Crippen molar-refractivity contribution in [3.63, 3.8) is 0 Å². The molecule has 0 spiro atoms. The average molecular weight is 534 g/mol. The summed E-state index contributed by atoms with van der Waals surface area (Å²) >= 11 is 0. The number of rotatable bonds is 7. The molecule has 0 atom stereocenters. The van der Waals surface area contributed by atoms with Crippen LogP contribution in [0.5, 0.6) is 0 Å². The summed E-state index contributed by atoms with van der Waals surface area (Å²) in [4.78, 5) is 33.6. The van der Waals surface area contributed by atoms with Gasteiger partial charge in [0.15, 0.2) is 0 Å². The van der Waals surface area contributed by atoms with Gasteiger partial charge >= 0.3 is 0 Å². The number of fused-ring (bicyclic) bond motifs is 1. The molecule has 2 aromatic heterocycles. The van der Waals surface area contributed by atoms with E-state index in [1.807, 2.05) is 35.2 Å². The lowest BCUT2D eigenvalue weighted by Gasteiger charge is -2.30. The molecule has 3 N–H and O–H groups in total. The predicted molar refractivity (Wildman–Crippen MR) is 160 cm³/mol. The molecule has 1 aliphatic heterocycles. The highest BCUT2D eigenvalue weighted by atomic mass is 16.2. The van der Waals surface area contributed by atoms with Crippen LogP contribution in [-0.2, 0) is 6.54 Å². The molecule has 1 aliphatic carbocycles. The van der Waals surface area contributed by atoms with Crippen LogP contribution in [0, 0.1) is 6.92 Å².